The summed E-state index contributed by atoms with van der Waals surface area (Å²) in [6, 6.07) is 3.62. The minimum atomic E-state index is 0.458. The van der Waals surface area contributed by atoms with Crippen molar-refractivity contribution in [1.82, 2.24) is 15.0 Å². The summed E-state index contributed by atoms with van der Waals surface area (Å²) in [5, 5.41) is 0.610. The zero-order valence-corrected chi connectivity index (χ0v) is 11.1. The van der Waals surface area contributed by atoms with E-state index in [9.17, 15) is 0 Å². The van der Waals surface area contributed by atoms with Crippen LogP contribution in [0.2, 0.25) is 5.02 Å². The molecule has 0 saturated heterocycles. The molecule has 0 atom stereocenters. The van der Waals surface area contributed by atoms with Gasteiger partial charge < -0.3 is 0 Å². The minimum absolute atomic E-state index is 0.458. The molecule has 0 aromatic carbocycles. The molecule has 0 aliphatic heterocycles. The summed E-state index contributed by atoms with van der Waals surface area (Å²) in [7, 11) is 0. The number of halogens is 2. The van der Waals surface area contributed by atoms with Crippen molar-refractivity contribution in [2.75, 3.05) is 0 Å². The zero-order chi connectivity index (χ0) is 12.5. The molecule has 1 aliphatic carbocycles. The highest BCUT2D eigenvalue weighted by molar-refractivity contribution is 6.30. The molecule has 2 aromatic heterocycles. The number of alkyl halides is 1. The van der Waals surface area contributed by atoms with E-state index in [1.807, 2.05) is 6.07 Å². The van der Waals surface area contributed by atoms with Gasteiger partial charge in [-0.2, -0.15) is 0 Å². The second-order valence-corrected chi connectivity index (χ2v) is 5.08. The summed E-state index contributed by atoms with van der Waals surface area (Å²) in [6.45, 7) is 0. The number of hydrogen-bond donors (Lipinski definition) is 0. The Kier molecular flexibility index (Phi) is 3.18. The molecule has 1 aliphatic rings. The lowest BCUT2D eigenvalue weighted by atomic mass is 10.2. The van der Waals surface area contributed by atoms with Crippen LogP contribution < -0.4 is 0 Å². The maximum Gasteiger partial charge on any atom is 0.178 e. The Bertz CT molecular complexity index is 565. The van der Waals surface area contributed by atoms with Gasteiger partial charge in [0.05, 0.1) is 16.6 Å². The van der Waals surface area contributed by atoms with Crippen LogP contribution >= 0.6 is 23.2 Å². The third-order valence-electron chi connectivity index (χ3n) is 2.96. The zero-order valence-electron chi connectivity index (χ0n) is 9.61. The average Bonchev–Trinajstić information content (AvgIpc) is 3.23. The number of pyridine rings is 1. The third kappa shape index (κ3) is 2.33. The molecule has 92 valence electrons. The number of hydrogen-bond acceptors (Lipinski definition) is 3. The van der Waals surface area contributed by atoms with E-state index in [4.69, 9.17) is 23.2 Å². The molecule has 3 rings (SSSR count). The highest BCUT2D eigenvalue weighted by Crippen LogP contribution is 2.41. The van der Waals surface area contributed by atoms with E-state index < -0.39 is 0 Å². The second-order valence-electron chi connectivity index (χ2n) is 4.37. The van der Waals surface area contributed by atoms with Crippen molar-refractivity contribution in [2.24, 2.45) is 0 Å². The Hall–Kier alpha value is -1.19. The molecular formula is C13H11Cl2N3. The molecule has 5 heteroatoms. The van der Waals surface area contributed by atoms with Gasteiger partial charge >= 0.3 is 0 Å². The third-order valence-corrected chi connectivity index (χ3v) is 3.47. The first-order valence-corrected chi connectivity index (χ1v) is 6.73. The van der Waals surface area contributed by atoms with Crippen LogP contribution in [0.1, 0.15) is 30.0 Å². The Morgan fingerprint density at radius 3 is 2.61 bits per heavy atom. The molecule has 0 bridgehead atoms. The van der Waals surface area contributed by atoms with Gasteiger partial charge in [0, 0.05) is 23.9 Å². The standard InChI is InChI=1S/C13H11Cl2N3/c14-5-9-6-17-13(18-12(9)8-1-2-8)11-4-3-10(15)7-16-11/h3-4,6-8H,1-2,5H2. The van der Waals surface area contributed by atoms with E-state index in [0.717, 1.165) is 17.0 Å². The first-order valence-electron chi connectivity index (χ1n) is 5.81. The Balaban J connectivity index is 2.02. The lowest BCUT2D eigenvalue weighted by Gasteiger charge is -2.06. The van der Waals surface area contributed by atoms with Gasteiger partial charge in [0.25, 0.3) is 0 Å². The molecule has 1 fully saturated rings. The van der Waals surface area contributed by atoms with Gasteiger partial charge in [-0.05, 0) is 25.0 Å². The van der Waals surface area contributed by atoms with Crippen molar-refractivity contribution in [3.05, 3.63) is 40.8 Å². The van der Waals surface area contributed by atoms with Crippen LogP contribution in [-0.4, -0.2) is 15.0 Å². The first-order chi connectivity index (χ1) is 8.78. The van der Waals surface area contributed by atoms with Crippen molar-refractivity contribution < 1.29 is 0 Å². The molecule has 2 aromatic rings. The van der Waals surface area contributed by atoms with Crippen LogP contribution in [0.4, 0.5) is 0 Å². The predicted octanol–water partition coefficient (Wildman–Crippen LogP) is 3.81. The van der Waals surface area contributed by atoms with Gasteiger partial charge in [0.15, 0.2) is 5.82 Å². The van der Waals surface area contributed by atoms with Gasteiger partial charge in [-0.1, -0.05) is 11.6 Å². The fraction of sp³-hybridized carbons (Fsp3) is 0.308. The lowest BCUT2D eigenvalue weighted by molar-refractivity contribution is 0.953. The fourth-order valence-corrected chi connectivity index (χ4v) is 2.18. The molecule has 0 spiro atoms. The van der Waals surface area contributed by atoms with E-state index in [1.54, 1.807) is 18.5 Å². The molecule has 0 radical (unpaired) electrons. The number of rotatable bonds is 3. The maximum atomic E-state index is 5.91. The molecular weight excluding hydrogens is 269 g/mol. The lowest BCUT2D eigenvalue weighted by Crippen LogP contribution is -2.00. The van der Waals surface area contributed by atoms with Crippen LogP contribution in [0.25, 0.3) is 11.5 Å². The van der Waals surface area contributed by atoms with Crippen LogP contribution in [0, 0.1) is 0 Å². The summed E-state index contributed by atoms with van der Waals surface area (Å²) in [5.41, 5.74) is 2.84. The predicted molar refractivity (Wildman–Crippen MR) is 71.8 cm³/mol. The van der Waals surface area contributed by atoms with Gasteiger partial charge in [-0.25, -0.2) is 9.97 Å². The van der Waals surface area contributed by atoms with Crippen molar-refractivity contribution in [2.45, 2.75) is 24.6 Å². The molecule has 2 heterocycles. The molecule has 1 saturated carbocycles. The van der Waals surface area contributed by atoms with Crippen molar-refractivity contribution in [3.8, 4) is 11.5 Å². The minimum Gasteiger partial charge on any atom is -0.251 e. The van der Waals surface area contributed by atoms with Gasteiger partial charge in [0.1, 0.15) is 5.69 Å². The number of nitrogens with zero attached hydrogens (tertiary/aromatic N) is 3. The molecule has 18 heavy (non-hydrogen) atoms. The normalized spacial score (nSPS) is 14.8. The highest BCUT2D eigenvalue weighted by Gasteiger charge is 2.28. The summed E-state index contributed by atoms with van der Waals surface area (Å²) >= 11 is 11.7. The quantitative estimate of drug-likeness (QED) is 0.802. The highest BCUT2D eigenvalue weighted by atomic mass is 35.5. The van der Waals surface area contributed by atoms with E-state index >= 15 is 0 Å². The van der Waals surface area contributed by atoms with E-state index in [0.29, 0.717) is 22.6 Å². The van der Waals surface area contributed by atoms with Crippen LogP contribution in [-0.2, 0) is 5.88 Å². The SMILES string of the molecule is ClCc1cnc(-c2ccc(Cl)cn2)nc1C1CC1. The molecule has 3 nitrogen and oxygen atoms in total. The Morgan fingerprint density at radius 2 is 2.00 bits per heavy atom. The summed E-state index contributed by atoms with van der Waals surface area (Å²) in [6.07, 6.45) is 5.79. The van der Waals surface area contributed by atoms with E-state index in [2.05, 4.69) is 15.0 Å². The Labute approximate surface area is 115 Å². The van der Waals surface area contributed by atoms with Crippen molar-refractivity contribution in [1.29, 1.82) is 0 Å². The number of aromatic nitrogens is 3. The fourth-order valence-electron chi connectivity index (χ4n) is 1.86. The first kappa shape index (κ1) is 11.9. The van der Waals surface area contributed by atoms with E-state index in [1.165, 1.54) is 12.8 Å². The summed E-state index contributed by atoms with van der Waals surface area (Å²) in [5.74, 6) is 1.65. The summed E-state index contributed by atoms with van der Waals surface area (Å²) < 4.78 is 0. The van der Waals surface area contributed by atoms with Gasteiger partial charge in [0.2, 0.25) is 0 Å². The smallest absolute Gasteiger partial charge is 0.178 e. The van der Waals surface area contributed by atoms with Crippen molar-refractivity contribution in [3.63, 3.8) is 0 Å². The van der Waals surface area contributed by atoms with Gasteiger partial charge in [-0.3, -0.25) is 4.98 Å². The van der Waals surface area contributed by atoms with Crippen LogP contribution in [0.3, 0.4) is 0 Å². The van der Waals surface area contributed by atoms with Crippen molar-refractivity contribution >= 4 is 23.2 Å². The topological polar surface area (TPSA) is 38.7 Å². The second kappa shape index (κ2) is 4.82. The monoisotopic (exact) mass is 279 g/mol. The average molecular weight is 280 g/mol. The molecule has 0 unspecified atom stereocenters. The Morgan fingerprint density at radius 1 is 1.17 bits per heavy atom. The molecule has 0 amide bonds. The van der Waals surface area contributed by atoms with Crippen LogP contribution in [0.5, 0.6) is 0 Å². The van der Waals surface area contributed by atoms with Crippen LogP contribution in [0.15, 0.2) is 24.5 Å². The summed E-state index contributed by atoms with van der Waals surface area (Å²) in [4.78, 5) is 13.2. The largest absolute Gasteiger partial charge is 0.251 e. The van der Waals surface area contributed by atoms with Gasteiger partial charge in [-0.15, -0.1) is 11.6 Å². The van der Waals surface area contributed by atoms with E-state index in [-0.39, 0.29) is 0 Å². The molecule has 0 N–H and O–H groups in total. The maximum absolute atomic E-state index is 5.91.